The number of hydrogen-bond acceptors (Lipinski definition) is 7. The summed E-state index contributed by atoms with van der Waals surface area (Å²) >= 11 is 0. The maximum Gasteiger partial charge on any atom is 0.410 e. The topological polar surface area (TPSA) is 65.3 Å². The maximum absolute atomic E-state index is 12.9. The third-order valence-electron chi connectivity index (χ3n) is 11.7. The zero-order valence-corrected chi connectivity index (χ0v) is 27.6. The molecule has 6 aliphatic rings. The summed E-state index contributed by atoms with van der Waals surface area (Å²) in [6.07, 6.45) is 15.7. The number of aromatic nitrogens is 1. The quantitative estimate of drug-likeness (QED) is 0.370. The molecule has 3 aliphatic heterocycles. The Morgan fingerprint density at radius 1 is 0.932 bits per heavy atom. The summed E-state index contributed by atoms with van der Waals surface area (Å²) in [6, 6.07) is 9.99. The number of nitrogens with zero attached hydrogens (tertiary/aromatic N) is 5. The number of likely N-dealkylation sites (tertiary alicyclic amines) is 2. The molecule has 238 valence electrons. The molecule has 1 aromatic heterocycles. The fourth-order valence-electron chi connectivity index (χ4n) is 9.14. The van der Waals surface area contributed by atoms with Crippen LogP contribution in [0.5, 0.6) is 0 Å². The molecule has 8 nitrogen and oxygen atoms in total. The first-order chi connectivity index (χ1) is 21.0. The lowest BCUT2D eigenvalue weighted by Crippen LogP contribution is -2.49. The minimum atomic E-state index is -0.516. The van der Waals surface area contributed by atoms with Crippen LogP contribution in [-0.4, -0.2) is 82.7 Å². The summed E-state index contributed by atoms with van der Waals surface area (Å²) < 4.78 is 11.8. The van der Waals surface area contributed by atoms with Crippen molar-refractivity contribution < 1.29 is 13.9 Å². The summed E-state index contributed by atoms with van der Waals surface area (Å²) in [4.78, 5) is 27.2. The molecule has 2 bridgehead atoms. The van der Waals surface area contributed by atoms with Crippen LogP contribution in [0.25, 0.3) is 5.70 Å². The highest BCUT2D eigenvalue weighted by atomic mass is 16.6. The molecule has 4 heterocycles. The van der Waals surface area contributed by atoms with Crippen molar-refractivity contribution in [2.45, 2.75) is 120 Å². The highest BCUT2D eigenvalue weighted by molar-refractivity contribution is 5.69. The van der Waals surface area contributed by atoms with Gasteiger partial charge in [-0.25, -0.2) is 9.78 Å². The Morgan fingerprint density at radius 3 is 2.23 bits per heavy atom. The number of ether oxygens (including phenoxy) is 1. The van der Waals surface area contributed by atoms with Crippen LogP contribution in [0.4, 0.5) is 4.79 Å². The standard InChI is InChI=1S/C36H51N5O3/c1-34(2,3)44-33(42)41-22-8-9-27(41)31-37-30(24-43-31)36-18-15-35(16-19-36,17-20-36)26-13-11-25(12-14-26)29-23-39(5)32(40(29)6)28-10-7-21-38(28)4/h11-14,23-24,27-28,32H,7-10,15-22H2,1-6H3. The molecule has 0 N–H and O–H groups in total. The molecule has 3 aliphatic carbocycles. The minimum Gasteiger partial charge on any atom is -0.446 e. The van der Waals surface area contributed by atoms with Crippen molar-refractivity contribution in [3.63, 3.8) is 0 Å². The lowest BCUT2D eigenvalue weighted by molar-refractivity contribution is 0.0204. The van der Waals surface area contributed by atoms with E-state index >= 15 is 0 Å². The van der Waals surface area contributed by atoms with Crippen molar-refractivity contribution in [1.29, 1.82) is 0 Å². The zero-order valence-electron chi connectivity index (χ0n) is 27.6. The summed E-state index contributed by atoms with van der Waals surface area (Å²) in [5.74, 6) is 0.675. The van der Waals surface area contributed by atoms with Crippen LogP contribution in [-0.2, 0) is 15.6 Å². The molecule has 1 aromatic carbocycles. The number of fused-ring (bicyclic) bond motifs is 3. The van der Waals surface area contributed by atoms with E-state index in [1.807, 2.05) is 27.0 Å². The first kappa shape index (κ1) is 29.7. The Bertz CT molecular complexity index is 1380. The molecule has 0 spiro atoms. The SMILES string of the molecule is CN1C=C(c2ccc(C34CCC(c5coc(C6CCCN6C(=O)OC(C)(C)C)n5)(CC3)CC4)cc2)N(C)C1C1CCCN1C. The molecular weight excluding hydrogens is 550 g/mol. The Hall–Kier alpha value is -3.00. The number of rotatable bonds is 5. The molecule has 1 amide bonds. The van der Waals surface area contributed by atoms with E-state index in [4.69, 9.17) is 14.1 Å². The van der Waals surface area contributed by atoms with E-state index in [1.165, 1.54) is 55.5 Å². The molecule has 3 unspecified atom stereocenters. The second kappa shape index (κ2) is 10.8. The molecule has 8 rings (SSSR count). The molecule has 2 aromatic rings. The lowest BCUT2D eigenvalue weighted by atomic mass is 9.51. The minimum absolute atomic E-state index is 0.0865. The normalized spacial score (nSPS) is 32.5. The third kappa shape index (κ3) is 5.01. The molecule has 2 saturated heterocycles. The van der Waals surface area contributed by atoms with Gasteiger partial charge in [-0.1, -0.05) is 24.3 Å². The van der Waals surface area contributed by atoms with Crippen LogP contribution in [0.3, 0.4) is 0 Å². The lowest BCUT2D eigenvalue weighted by Gasteiger charge is -2.53. The van der Waals surface area contributed by atoms with Gasteiger partial charge in [0.15, 0.2) is 0 Å². The van der Waals surface area contributed by atoms with Crippen molar-refractivity contribution in [2.75, 3.05) is 34.2 Å². The van der Waals surface area contributed by atoms with Gasteiger partial charge in [0.2, 0.25) is 5.89 Å². The number of carbonyl (C=O) groups is 1. The Kier molecular flexibility index (Phi) is 7.30. The fourth-order valence-corrected chi connectivity index (χ4v) is 9.14. The number of benzene rings is 1. The highest BCUT2D eigenvalue weighted by Crippen LogP contribution is 2.58. The van der Waals surface area contributed by atoms with Gasteiger partial charge in [0.05, 0.1) is 11.4 Å². The first-order valence-corrected chi connectivity index (χ1v) is 16.9. The van der Waals surface area contributed by atoms with Crippen LogP contribution >= 0.6 is 0 Å². The molecule has 5 fully saturated rings. The second-order valence-electron chi connectivity index (χ2n) is 15.4. The van der Waals surface area contributed by atoms with E-state index in [0.29, 0.717) is 24.6 Å². The van der Waals surface area contributed by atoms with Gasteiger partial charge < -0.3 is 19.0 Å². The number of oxazole rings is 1. The molecule has 3 saturated carbocycles. The maximum atomic E-state index is 12.9. The molecule has 44 heavy (non-hydrogen) atoms. The third-order valence-corrected chi connectivity index (χ3v) is 11.7. The van der Waals surface area contributed by atoms with Gasteiger partial charge in [-0.3, -0.25) is 9.80 Å². The highest BCUT2D eigenvalue weighted by Gasteiger charge is 2.51. The summed E-state index contributed by atoms with van der Waals surface area (Å²) in [7, 11) is 6.76. The first-order valence-electron chi connectivity index (χ1n) is 16.9. The van der Waals surface area contributed by atoms with Gasteiger partial charge in [-0.15, -0.1) is 0 Å². The van der Waals surface area contributed by atoms with Crippen LogP contribution in [0.1, 0.15) is 114 Å². The molecule has 3 atom stereocenters. The molecule has 8 heteroatoms. The predicted octanol–water partition coefficient (Wildman–Crippen LogP) is 6.89. The Balaban J connectivity index is 1.02. The van der Waals surface area contributed by atoms with Crippen LogP contribution in [0.2, 0.25) is 0 Å². The summed E-state index contributed by atoms with van der Waals surface area (Å²) in [5, 5.41) is 0. The van der Waals surface area contributed by atoms with Crippen LogP contribution in [0, 0.1) is 0 Å². The van der Waals surface area contributed by atoms with E-state index in [-0.39, 0.29) is 23.0 Å². The average molecular weight is 602 g/mol. The van der Waals surface area contributed by atoms with Crippen molar-refractivity contribution in [3.05, 3.63) is 59.4 Å². The van der Waals surface area contributed by atoms with E-state index in [2.05, 4.69) is 66.3 Å². The fraction of sp³-hybridized carbons (Fsp3) is 0.667. The number of likely N-dealkylation sites (N-methyl/N-ethyl adjacent to an activating group) is 3. The van der Waals surface area contributed by atoms with E-state index in [1.54, 1.807) is 4.90 Å². The average Bonchev–Trinajstić information content (AvgIpc) is 3.81. The van der Waals surface area contributed by atoms with Gasteiger partial charge in [0.1, 0.15) is 24.1 Å². The monoisotopic (exact) mass is 601 g/mol. The zero-order chi connectivity index (χ0) is 30.9. The van der Waals surface area contributed by atoms with Crippen molar-refractivity contribution in [2.24, 2.45) is 0 Å². The van der Waals surface area contributed by atoms with Crippen molar-refractivity contribution >= 4 is 11.8 Å². The van der Waals surface area contributed by atoms with Gasteiger partial charge >= 0.3 is 6.09 Å². The van der Waals surface area contributed by atoms with Gasteiger partial charge in [-0.05, 0) is 115 Å². The summed E-state index contributed by atoms with van der Waals surface area (Å²) in [5.41, 5.74) is 5.05. The number of amides is 1. The van der Waals surface area contributed by atoms with E-state index in [9.17, 15) is 4.79 Å². The largest absolute Gasteiger partial charge is 0.446 e. The van der Waals surface area contributed by atoms with Gasteiger partial charge in [-0.2, -0.15) is 0 Å². The summed E-state index contributed by atoms with van der Waals surface area (Å²) in [6.45, 7) is 7.62. The van der Waals surface area contributed by atoms with Gasteiger partial charge in [0.25, 0.3) is 0 Å². The number of carbonyl (C=O) groups excluding carboxylic acids is 1. The van der Waals surface area contributed by atoms with E-state index in [0.717, 1.165) is 37.8 Å². The predicted molar refractivity (Wildman–Crippen MR) is 172 cm³/mol. The smallest absolute Gasteiger partial charge is 0.410 e. The van der Waals surface area contributed by atoms with Crippen LogP contribution in [0.15, 0.2) is 41.1 Å². The second-order valence-corrected chi connectivity index (χ2v) is 15.4. The van der Waals surface area contributed by atoms with E-state index < -0.39 is 5.60 Å². The number of hydrogen-bond donors (Lipinski definition) is 0. The van der Waals surface area contributed by atoms with Crippen molar-refractivity contribution in [1.82, 2.24) is 24.6 Å². The van der Waals surface area contributed by atoms with Gasteiger partial charge in [0, 0.05) is 38.3 Å². The van der Waals surface area contributed by atoms with Crippen molar-refractivity contribution in [3.8, 4) is 0 Å². The van der Waals surface area contributed by atoms with Crippen LogP contribution < -0.4 is 0 Å². The Morgan fingerprint density at radius 2 is 1.59 bits per heavy atom. The Labute approximate surface area is 263 Å². The molecule has 0 radical (unpaired) electrons. The molecular formula is C36H51N5O3.